The molecule has 0 aliphatic heterocycles. The fraction of sp³-hybridized carbons (Fsp3) is 0.250. The Kier molecular flexibility index (Phi) is 5.36. The summed E-state index contributed by atoms with van der Waals surface area (Å²) in [7, 11) is 0. The Morgan fingerprint density at radius 3 is 2.35 bits per heavy atom. The first-order valence-electron chi connectivity index (χ1n) is 6.24. The van der Waals surface area contributed by atoms with Gasteiger partial charge in [-0.25, -0.2) is 0 Å². The molecule has 0 aliphatic carbocycles. The standard InChI is InChI=1S/C16H15BrCl2O/c1-10-4-3-5-11(2)14(10)9-20-16-12(8-17)6-13(18)7-15(16)19/h3-7H,8-9H2,1-2H3. The lowest BCUT2D eigenvalue weighted by Gasteiger charge is -2.15. The smallest absolute Gasteiger partial charge is 0.142 e. The number of halogens is 3. The van der Waals surface area contributed by atoms with Crippen molar-refractivity contribution in [1.29, 1.82) is 0 Å². The Balaban J connectivity index is 2.27. The third-order valence-corrected chi connectivity index (χ3v) is 4.34. The molecule has 0 radical (unpaired) electrons. The van der Waals surface area contributed by atoms with E-state index in [4.69, 9.17) is 27.9 Å². The van der Waals surface area contributed by atoms with Gasteiger partial charge < -0.3 is 4.74 Å². The van der Waals surface area contributed by atoms with E-state index in [-0.39, 0.29) is 0 Å². The Morgan fingerprint density at radius 2 is 1.75 bits per heavy atom. The van der Waals surface area contributed by atoms with Crippen LogP contribution in [0.4, 0.5) is 0 Å². The maximum Gasteiger partial charge on any atom is 0.142 e. The van der Waals surface area contributed by atoms with Gasteiger partial charge in [0.25, 0.3) is 0 Å². The van der Waals surface area contributed by atoms with Gasteiger partial charge in [-0.15, -0.1) is 0 Å². The summed E-state index contributed by atoms with van der Waals surface area (Å²) in [6, 6.07) is 9.78. The van der Waals surface area contributed by atoms with Crippen molar-refractivity contribution in [2.24, 2.45) is 0 Å². The lowest BCUT2D eigenvalue weighted by Crippen LogP contribution is -2.02. The molecule has 20 heavy (non-hydrogen) atoms. The monoisotopic (exact) mass is 372 g/mol. The molecule has 2 rings (SSSR count). The van der Waals surface area contributed by atoms with Gasteiger partial charge in [-0.3, -0.25) is 0 Å². The summed E-state index contributed by atoms with van der Waals surface area (Å²) in [6.45, 7) is 4.67. The van der Waals surface area contributed by atoms with Crippen molar-refractivity contribution < 1.29 is 4.74 Å². The van der Waals surface area contributed by atoms with Gasteiger partial charge in [0.2, 0.25) is 0 Å². The fourth-order valence-electron chi connectivity index (χ4n) is 2.10. The van der Waals surface area contributed by atoms with E-state index in [0.29, 0.717) is 27.7 Å². The number of hydrogen-bond donors (Lipinski definition) is 0. The largest absolute Gasteiger partial charge is 0.487 e. The van der Waals surface area contributed by atoms with Crippen molar-refractivity contribution in [2.75, 3.05) is 0 Å². The molecule has 0 aliphatic rings. The maximum atomic E-state index is 6.23. The van der Waals surface area contributed by atoms with Gasteiger partial charge in [-0.2, -0.15) is 0 Å². The van der Waals surface area contributed by atoms with Crippen LogP contribution < -0.4 is 4.74 Å². The summed E-state index contributed by atoms with van der Waals surface area (Å²) in [6.07, 6.45) is 0. The van der Waals surface area contributed by atoms with Crippen molar-refractivity contribution >= 4 is 39.1 Å². The minimum Gasteiger partial charge on any atom is -0.487 e. The van der Waals surface area contributed by atoms with Crippen molar-refractivity contribution in [1.82, 2.24) is 0 Å². The molecule has 0 saturated carbocycles. The molecular formula is C16H15BrCl2O. The minimum atomic E-state index is 0.500. The Labute approximate surface area is 138 Å². The molecule has 0 heterocycles. The Morgan fingerprint density at radius 1 is 1.10 bits per heavy atom. The van der Waals surface area contributed by atoms with Gasteiger partial charge in [0, 0.05) is 15.9 Å². The minimum absolute atomic E-state index is 0.500. The van der Waals surface area contributed by atoms with Crippen molar-refractivity contribution in [3.63, 3.8) is 0 Å². The average molecular weight is 374 g/mol. The van der Waals surface area contributed by atoms with E-state index < -0.39 is 0 Å². The zero-order valence-electron chi connectivity index (χ0n) is 11.3. The van der Waals surface area contributed by atoms with Crippen LogP contribution in [0.25, 0.3) is 0 Å². The quantitative estimate of drug-likeness (QED) is 0.589. The molecule has 0 N–H and O–H groups in total. The van der Waals surface area contributed by atoms with E-state index in [1.54, 1.807) is 6.07 Å². The van der Waals surface area contributed by atoms with Crippen molar-refractivity contribution in [2.45, 2.75) is 25.8 Å². The number of alkyl halides is 1. The molecule has 106 valence electrons. The first-order chi connectivity index (χ1) is 9.52. The van der Waals surface area contributed by atoms with Gasteiger partial charge >= 0.3 is 0 Å². The third kappa shape index (κ3) is 3.49. The summed E-state index contributed by atoms with van der Waals surface area (Å²) < 4.78 is 5.94. The molecule has 1 nitrogen and oxygen atoms in total. The summed E-state index contributed by atoms with van der Waals surface area (Å²) in [5.74, 6) is 0.690. The second kappa shape index (κ2) is 6.84. The topological polar surface area (TPSA) is 9.23 Å². The lowest BCUT2D eigenvalue weighted by molar-refractivity contribution is 0.302. The predicted octanol–water partition coefficient (Wildman–Crippen LogP) is 6.08. The van der Waals surface area contributed by atoms with E-state index >= 15 is 0 Å². The normalized spacial score (nSPS) is 10.7. The highest BCUT2D eigenvalue weighted by Gasteiger charge is 2.11. The molecule has 2 aromatic carbocycles. The average Bonchev–Trinajstić information content (AvgIpc) is 2.39. The molecule has 0 fully saturated rings. The van der Waals surface area contributed by atoms with Gasteiger partial charge in [0.1, 0.15) is 12.4 Å². The molecule has 2 aromatic rings. The molecule has 0 amide bonds. The molecule has 0 spiro atoms. The van der Waals surface area contributed by atoms with E-state index in [1.165, 1.54) is 16.7 Å². The van der Waals surface area contributed by atoms with Crippen molar-refractivity contribution in [3.05, 3.63) is 62.6 Å². The molecule has 4 heteroatoms. The van der Waals surface area contributed by atoms with Crippen LogP contribution in [0, 0.1) is 13.8 Å². The van der Waals surface area contributed by atoms with E-state index in [2.05, 4.69) is 41.9 Å². The van der Waals surface area contributed by atoms with Gasteiger partial charge in [0.05, 0.1) is 5.02 Å². The number of benzene rings is 2. The summed E-state index contributed by atoms with van der Waals surface area (Å²) in [4.78, 5) is 0. The number of hydrogen-bond acceptors (Lipinski definition) is 1. The van der Waals surface area contributed by atoms with Crippen LogP contribution in [0.2, 0.25) is 10.0 Å². The SMILES string of the molecule is Cc1cccc(C)c1COc1c(Cl)cc(Cl)cc1CBr. The van der Waals surface area contributed by atoms with Crippen LogP contribution in [0.15, 0.2) is 30.3 Å². The van der Waals surface area contributed by atoms with Crippen LogP contribution >= 0.6 is 39.1 Å². The Bertz CT molecular complexity index is 606. The van der Waals surface area contributed by atoms with E-state index in [9.17, 15) is 0 Å². The number of aryl methyl sites for hydroxylation is 2. The van der Waals surface area contributed by atoms with Crippen LogP contribution in [-0.2, 0) is 11.9 Å². The maximum absolute atomic E-state index is 6.23. The van der Waals surface area contributed by atoms with Gasteiger partial charge in [-0.05, 0) is 42.7 Å². The Hall–Kier alpha value is -0.700. The van der Waals surface area contributed by atoms with Crippen molar-refractivity contribution in [3.8, 4) is 5.75 Å². The van der Waals surface area contributed by atoms with Gasteiger partial charge in [0.15, 0.2) is 0 Å². The van der Waals surface area contributed by atoms with E-state index in [0.717, 1.165) is 5.56 Å². The second-order valence-corrected chi connectivity index (χ2v) is 6.07. The molecule has 0 unspecified atom stereocenters. The van der Waals surface area contributed by atoms with Gasteiger partial charge in [-0.1, -0.05) is 57.3 Å². The lowest BCUT2D eigenvalue weighted by atomic mass is 10.0. The predicted molar refractivity (Wildman–Crippen MR) is 89.3 cm³/mol. The molecular weight excluding hydrogens is 359 g/mol. The molecule has 0 atom stereocenters. The molecule has 0 bridgehead atoms. The van der Waals surface area contributed by atoms with Crippen LogP contribution in [0.5, 0.6) is 5.75 Å². The first-order valence-corrected chi connectivity index (χ1v) is 8.12. The highest BCUT2D eigenvalue weighted by Crippen LogP contribution is 2.34. The zero-order chi connectivity index (χ0) is 14.7. The second-order valence-electron chi connectivity index (χ2n) is 4.67. The van der Waals surface area contributed by atoms with E-state index in [1.807, 2.05) is 12.1 Å². The number of ether oxygens (including phenoxy) is 1. The third-order valence-electron chi connectivity index (χ3n) is 3.23. The summed E-state index contributed by atoms with van der Waals surface area (Å²) >= 11 is 15.7. The zero-order valence-corrected chi connectivity index (χ0v) is 14.4. The molecule has 0 saturated heterocycles. The van der Waals surface area contributed by atoms with Crippen LogP contribution in [-0.4, -0.2) is 0 Å². The highest BCUT2D eigenvalue weighted by molar-refractivity contribution is 9.08. The summed E-state index contributed by atoms with van der Waals surface area (Å²) in [5.41, 5.74) is 4.58. The fourth-order valence-corrected chi connectivity index (χ4v) is 3.10. The summed E-state index contributed by atoms with van der Waals surface area (Å²) in [5, 5.41) is 1.80. The molecule has 0 aromatic heterocycles. The van der Waals surface area contributed by atoms with Crippen LogP contribution in [0.1, 0.15) is 22.3 Å². The number of rotatable bonds is 4. The van der Waals surface area contributed by atoms with Crippen LogP contribution in [0.3, 0.4) is 0 Å². The first kappa shape index (κ1) is 15.7. The highest BCUT2D eigenvalue weighted by atomic mass is 79.9.